The monoisotopic (exact) mass is 521 g/mol. The van der Waals surface area contributed by atoms with Crippen LogP contribution < -0.4 is 25.4 Å². The molecule has 3 N–H and O–H groups in total. The number of anilines is 2. The van der Waals surface area contributed by atoms with Crippen LogP contribution in [0.3, 0.4) is 0 Å². The second-order valence-electron chi connectivity index (χ2n) is 7.85. The predicted octanol–water partition coefficient (Wildman–Crippen LogP) is 4.73. The van der Waals surface area contributed by atoms with Crippen molar-refractivity contribution in [1.82, 2.24) is 15.5 Å². The van der Waals surface area contributed by atoms with Crippen LogP contribution in [0.25, 0.3) is 10.6 Å². The van der Waals surface area contributed by atoms with Crippen molar-refractivity contribution in [3.63, 3.8) is 0 Å². The standard InChI is InChI=1S/C26H24FN5O4S/c1-35-20-13-19(14-21(15-20)36-2)28-25(34)29-22(12-16-6-4-3-5-7-16)23(33)30-26-32-31-24(37-26)17-8-10-18(27)11-9-17/h3-11,13-15,22H,12H2,1-2H3,(H2,28,29,34)(H,30,32,33). The van der Waals surface area contributed by atoms with Gasteiger partial charge in [-0.25, -0.2) is 9.18 Å². The lowest BCUT2D eigenvalue weighted by Gasteiger charge is -2.18. The molecule has 11 heteroatoms. The predicted molar refractivity (Wildman–Crippen MR) is 140 cm³/mol. The van der Waals surface area contributed by atoms with Crippen molar-refractivity contribution >= 4 is 34.1 Å². The van der Waals surface area contributed by atoms with Gasteiger partial charge in [0.2, 0.25) is 11.0 Å². The number of carbonyl (C=O) groups excluding carboxylic acids is 2. The largest absolute Gasteiger partial charge is 0.497 e. The van der Waals surface area contributed by atoms with Gasteiger partial charge in [-0.1, -0.05) is 41.7 Å². The topological polar surface area (TPSA) is 114 Å². The highest BCUT2D eigenvalue weighted by Crippen LogP contribution is 2.27. The summed E-state index contributed by atoms with van der Waals surface area (Å²) in [6, 6.07) is 18.6. The average Bonchev–Trinajstić information content (AvgIpc) is 3.37. The van der Waals surface area contributed by atoms with Crippen molar-refractivity contribution in [2.45, 2.75) is 12.5 Å². The van der Waals surface area contributed by atoms with Crippen LogP contribution >= 0.6 is 11.3 Å². The molecule has 0 radical (unpaired) electrons. The van der Waals surface area contributed by atoms with E-state index >= 15 is 0 Å². The molecule has 0 bridgehead atoms. The Morgan fingerprint density at radius 3 is 2.24 bits per heavy atom. The van der Waals surface area contributed by atoms with E-state index in [1.54, 1.807) is 30.3 Å². The van der Waals surface area contributed by atoms with E-state index in [2.05, 4.69) is 26.1 Å². The first-order valence-electron chi connectivity index (χ1n) is 11.2. The fraction of sp³-hybridized carbons (Fsp3) is 0.154. The average molecular weight is 522 g/mol. The van der Waals surface area contributed by atoms with Gasteiger partial charge < -0.3 is 20.1 Å². The molecular formula is C26H24FN5O4S. The van der Waals surface area contributed by atoms with Gasteiger partial charge in [-0.2, -0.15) is 0 Å². The van der Waals surface area contributed by atoms with Gasteiger partial charge in [-0.05, 0) is 29.8 Å². The van der Waals surface area contributed by atoms with Crippen molar-refractivity contribution in [2.24, 2.45) is 0 Å². The van der Waals surface area contributed by atoms with Gasteiger partial charge in [0.1, 0.15) is 28.4 Å². The van der Waals surface area contributed by atoms with Crippen molar-refractivity contribution in [2.75, 3.05) is 24.9 Å². The first-order chi connectivity index (χ1) is 17.9. The van der Waals surface area contributed by atoms with Gasteiger partial charge in [0.05, 0.1) is 14.2 Å². The molecule has 4 rings (SSSR count). The minimum atomic E-state index is -0.923. The number of halogens is 1. The fourth-order valence-corrected chi connectivity index (χ4v) is 4.19. The van der Waals surface area contributed by atoms with Crippen LogP contribution in [0.1, 0.15) is 5.56 Å². The molecule has 0 saturated heterocycles. The second kappa shape index (κ2) is 12.0. The maximum absolute atomic E-state index is 13.2. The molecule has 190 valence electrons. The fourth-order valence-electron chi connectivity index (χ4n) is 3.44. The number of hydrogen-bond donors (Lipinski definition) is 3. The Bertz CT molecular complexity index is 1340. The lowest BCUT2D eigenvalue weighted by atomic mass is 10.1. The Hall–Kier alpha value is -4.51. The summed E-state index contributed by atoms with van der Waals surface area (Å²) in [4.78, 5) is 26.0. The van der Waals surface area contributed by atoms with E-state index in [1.165, 1.54) is 26.4 Å². The Morgan fingerprint density at radius 2 is 1.59 bits per heavy atom. The Labute approximate surface area is 216 Å². The highest BCUT2D eigenvalue weighted by atomic mass is 32.1. The molecule has 0 saturated carbocycles. The van der Waals surface area contributed by atoms with Gasteiger partial charge in [0, 0.05) is 35.9 Å². The van der Waals surface area contributed by atoms with Gasteiger partial charge in [-0.15, -0.1) is 10.2 Å². The number of nitrogens with zero attached hydrogens (tertiary/aromatic N) is 2. The summed E-state index contributed by atoms with van der Waals surface area (Å²) < 4.78 is 23.7. The summed E-state index contributed by atoms with van der Waals surface area (Å²) in [5.74, 6) is 0.175. The van der Waals surface area contributed by atoms with E-state index in [0.717, 1.165) is 16.9 Å². The Morgan fingerprint density at radius 1 is 0.919 bits per heavy atom. The molecule has 0 aliphatic carbocycles. The molecule has 0 spiro atoms. The Balaban J connectivity index is 1.48. The summed E-state index contributed by atoms with van der Waals surface area (Å²) in [5, 5.41) is 17.0. The molecule has 1 heterocycles. The highest BCUT2D eigenvalue weighted by molar-refractivity contribution is 7.18. The summed E-state index contributed by atoms with van der Waals surface area (Å²) in [5.41, 5.74) is 1.96. The maximum atomic E-state index is 13.2. The Kier molecular flexibility index (Phi) is 8.26. The normalized spacial score (nSPS) is 11.3. The molecule has 3 amide bonds. The van der Waals surface area contributed by atoms with Crippen molar-refractivity contribution in [3.05, 3.63) is 84.2 Å². The van der Waals surface area contributed by atoms with E-state index < -0.39 is 18.0 Å². The molecule has 4 aromatic rings. The van der Waals surface area contributed by atoms with Gasteiger partial charge in [0.15, 0.2) is 0 Å². The molecule has 0 fully saturated rings. The SMILES string of the molecule is COc1cc(NC(=O)NC(Cc2ccccc2)C(=O)Nc2nnc(-c3ccc(F)cc3)s2)cc(OC)c1. The number of ether oxygens (including phenoxy) is 2. The number of methoxy groups -OCH3 is 2. The maximum Gasteiger partial charge on any atom is 0.319 e. The van der Waals surface area contributed by atoms with Crippen molar-refractivity contribution in [1.29, 1.82) is 0 Å². The third-order valence-electron chi connectivity index (χ3n) is 5.26. The van der Waals surface area contributed by atoms with Crippen LogP contribution in [-0.4, -0.2) is 42.4 Å². The zero-order chi connectivity index (χ0) is 26.2. The third kappa shape index (κ3) is 7.01. The van der Waals surface area contributed by atoms with E-state index in [4.69, 9.17) is 9.47 Å². The summed E-state index contributed by atoms with van der Waals surface area (Å²) in [7, 11) is 3.02. The number of nitrogens with one attached hydrogen (secondary N) is 3. The highest BCUT2D eigenvalue weighted by Gasteiger charge is 2.23. The number of benzene rings is 3. The number of hydrogen-bond acceptors (Lipinski definition) is 7. The van der Waals surface area contributed by atoms with Crippen LogP contribution in [0, 0.1) is 5.82 Å². The second-order valence-corrected chi connectivity index (χ2v) is 8.83. The van der Waals surface area contributed by atoms with E-state index in [0.29, 0.717) is 27.8 Å². The number of urea groups is 1. The molecule has 0 aliphatic rings. The van der Waals surface area contributed by atoms with Gasteiger partial charge in [-0.3, -0.25) is 10.1 Å². The van der Waals surface area contributed by atoms with Gasteiger partial charge >= 0.3 is 6.03 Å². The molecule has 1 unspecified atom stereocenters. The zero-order valence-corrected chi connectivity index (χ0v) is 20.8. The van der Waals surface area contributed by atoms with E-state index in [1.807, 2.05) is 30.3 Å². The molecule has 9 nitrogen and oxygen atoms in total. The van der Waals surface area contributed by atoms with Crippen molar-refractivity contribution < 1.29 is 23.5 Å². The number of carbonyl (C=O) groups is 2. The van der Waals surface area contributed by atoms with Crippen LogP contribution in [0.4, 0.5) is 20.0 Å². The molecule has 1 atom stereocenters. The first-order valence-corrected chi connectivity index (χ1v) is 12.0. The lowest BCUT2D eigenvalue weighted by molar-refractivity contribution is -0.117. The van der Waals surface area contributed by atoms with E-state index in [-0.39, 0.29) is 17.4 Å². The van der Waals surface area contributed by atoms with Gasteiger partial charge in [0.25, 0.3) is 0 Å². The smallest absolute Gasteiger partial charge is 0.319 e. The quantitative estimate of drug-likeness (QED) is 0.293. The minimum Gasteiger partial charge on any atom is -0.497 e. The molecule has 3 aromatic carbocycles. The summed E-state index contributed by atoms with van der Waals surface area (Å²) in [6.07, 6.45) is 0.241. The minimum absolute atomic E-state index is 0.241. The van der Waals surface area contributed by atoms with Crippen LogP contribution in [-0.2, 0) is 11.2 Å². The number of rotatable bonds is 9. The summed E-state index contributed by atoms with van der Waals surface area (Å²) >= 11 is 1.14. The molecule has 37 heavy (non-hydrogen) atoms. The van der Waals surface area contributed by atoms with Crippen LogP contribution in [0.15, 0.2) is 72.8 Å². The number of aromatic nitrogens is 2. The molecule has 1 aromatic heterocycles. The summed E-state index contributed by atoms with van der Waals surface area (Å²) in [6.45, 7) is 0. The lowest BCUT2D eigenvalue weighted by Crippen LogP contribution is -2.46. The zero-order valence-electron chi connectivity index (χ0n) is 20.0. The van der Waals surface area contributed by atoms with E-state index in [9.17, 15) is 14.0 Å². The third-order valence-corrected chi connectivity index (χ3v) is 6.15. The van der Waals surface area contributed by atoms with Crippen LogP contribution in [0.2, 0.25) is 0 Å². The molecular weight excluding hydrogens is 497 g/mol. The molecule has 0 aliphatic heterocycles. The van der Waals surface area contributed by atoms with Crippen LogP contribution in [0.5, 0.6) is 11.5 Å². The number of amides is 3. The van der Waals surface area contributed by atoms with Crippen molar-refractivity contribution in [3.8, 4) is 22.1 Å². The first kappa shape index (κ1) is 25.6.